The van der Waals surface area contributed by atoms with Gasteiger partial charge in [0.05, 0.1) is 0 Å². The van der Waals surface area contributed by atoms with Crippen molar-refractivity contribution in [2.75, 3.05) is 11.5 Å². The van der Waals surface area contributed by atoms with Crippen molar-refractivity contribution in [3.63, 3.8) is 0 Å². The van der Waals surface area contributed by atoms with E-state index in [0.29, 0.717) is 0 Å². The van der Waals surface area contributed by atoms with E-state index in [0.717, 1.165) is 33.6 Å². The Hall–Kier alpha value is -1.96. The van der Waals surface area contributed by atoms with E-state index >= 15 is 0 Å². The molecule has 0 saturated carbocycles. The van der Waals surface area contributed by atoms with Gasteiger partial charge in [-0.05, 0) is 48.2 Å². The Morgan fingerprint density at radius 3 is 1.44 bits per heavy atom. The molecule has 0 unspecified atom stereocenters. The second-order valence-electron chi connectivity index (χ2n) is 4.04. The van der Waals surface area contributed by atoms with Crippen LogP contribution in [-0.2, 0) is 0 Å². The third-order valence-corrected chi connectivity index (χ3v) is 3.04. The van der Waals surface area contributed by atoms with E-state index in [2.05, 4.69) is 12.1 Å². The molecule has 0 aliphatic heterocycles. The van der Waals surface area contributed by atoms with Gasteiger partial charge in [0.25, 0.3) is 0 Å². The van der Waals surface area contributed by atoms with Gasteiger partial charge >= 0.3 is 0 Å². The second kappa shape index (κ2) is 3.89. The van der Waals surface area contributed by atoms with Gasteiger partial charge in [0.15, 0.2) is 0 Å². The van der Waals surface area contributed by atoms with Crippen LogP contribution >= 0.6 is 0 Å². The SMILES string of the molecule is Cc1c(N)cccc1-c1cccc(N)c1C. The zero-order valence-electron chi connectivity index (χ0n) is 9.62. The first-order valence-corrected chi connectivity index (χ1v) is 5.32. The van der Waals surface area contributed by atoms with Gasteiger partial charge in [0.2, 0.25) is 0 Å². The van der Waals surface area contributed by atoms with Crippen molar-refractivity contribution < 1.29 is 0 Å². The van der Waals surface area contributed by atoms with Crippen molar-refractivity contribution in [3.8, 4) is 11.1 Å². The summed E-state index contributed by atoms with van der Waals surface area (Å²) in [5.41, 5.74) is 18.0. The van der Waals surface area contributed by atoms with Crippen LogP contribution in [0, 0.1) is 13.8 Å². The van der Waals surface area contributed by atoms with Crippen LogP contribution in [0.2, 0.25) is 0 Å². The molecule has 16 heavy (non-hydrogen) atoms. The summed E-state index contributed by atoms with van der Waals surface area (Å²) in [6.45, 7) is 4.07. The van der Waals surface area contributed by atoms with Crippen LogP contribution in [0.3, 0.4) is 0 Å². The van der Waals surface area contributed by atoms with Gasteiger partial charge < -0.3 is 11.5 Å². The summed E-state index contributed by atoms with van der Waals surface area (Å²) in [5.74, 6) is 0. The standard InChI is InChI=1S/C14H16N2/c1-9-11(5-3-7-13(9)15)12-6-4-8-14(16)10(12)2/h3-8H,15-16H2,1-2H3. The monoisotopic (exact) mass is 212 g/mol. The molecule has 0 aliphatic carbocycles. The lowest BCUT2D eigenvalue weighted by Gasteiger charge is -2.12. The molecular weight excluding hydrogens is 196 g/mol. The fraction of sp³-hybridized carbons (Fsp3) is 0.143. The Labute approximate surface area is 95.9 Å². The van der Waals surface area contributed by atoms with E-state index in [4.69, 9.17) is 11.5 Å². The van der Waals surface area contributed by atoms with E-state index in [1.807, 2.05) is 38.1 Å². The summed E-state index contributed by atoms with van der Waals surface area (Å²) in [6, 6.07) is 11.9. The fourth-order valence-corrected chi connectivity index (χ4v) is 1.89. The predicted octanol–water partition coefficient (Wildman–Crippen LogP) is 3.13. The summed E-state index contributed by atoms with van der Waals surface area (Å²) in [4.78, 5) is 0. The molecule has 2 aromatic rings. The highest BCUT2D eigenvalue weighted by Gasteiger charge is 2.07. The largest absolute Gasteiger partial charge is 0.398 e. The maximum Gasteiger partial charge on any atom is 0.0349 e. The fourth-order valence-electron chi connectivity index (χ4n) is 1.89. The van der Waals surface area contributed by atoms with Gasteiger partial charge in [-0.25, -0.2) is 0 Å². The number of hydrogen-bond acceptors (Lipinski definition) is 2. The minimum absolute atomic E-state index is 0.819. The van der Waals surface area contributed by atoms with E-state index in [1.165, 1.54) is 0 Å². The Morgan fingerprint density at radius 2 is 1.06 bits per heavy atom. The minimum Gasteiger partial charge on any atom is -0.398 e. The van der Waals surface area contributed by atoms with Crippen LogP contribution in [0.15, 0.2) is 36.4 Å². The maximum absolute atomic E-state index is 5.91. The Balaban J connectivity index is 2.68. The number of benzene rings is 2. The summed E-state index contributed by atoms with van der Waals surface area (Å²) in [5, 5.41) is 0. The van der Waals surface area contributed by atoms with Crippen LogP contribution in [0.25, 0.3) is 11.1 Å². The third-order valence-electron chi connectivity index (χ3n) is 3.04. The summed E-state index contributed by atoms with van der Waals surface area (Å²) < 4.78 is 0. The quantitative estimate of drug-likeness (QED) is 0.713. The maximum atomic E-state index is 5.91. The van der Waals surface area contributed by atoms with Gasteiger partial charge in [0.1, 0.15) is 0 Å². The first-order valence-electron chi connectivity index (χ1n) is 5.32. The summed E-state index contributed by atoms with van der Waals surface area (Å²) in [7, 11) is 0. The van der Waals surface area contributed by atoms with Crippen molar-refractivity contribution >= 4 is 11.4 Å². The highest BCUT2D eigenvalue weighted by Crippen LogP contribution is 2.31. The van der Waals surface area contributed by atoms with Gasteiger partial charge in [-0.1, -0.05) is 24.3 Å². The second-order valence-corrected chi connectivity index (χ2v) is 4.04. The Morgan fingerprint density at radius 1 is 0.688 bits per heavy atom. The van der Waals surface area contributed by atoms with Gasteiger partial charge in [-0.2, -0.15) is 0 Å². The van der Waals surface area contributed by atoms with Crippen molar-refractivity contribution in [1.82, 2.24) is 0 Å². The smallest absolute Gasteiger partial charge is 0.0349 e. The van der Waals surface area contributed by atoms with Crippen LogP contribution in [0.5, 0.6) is 0 Å². The molecule has 82 valence electrons. The van der Waals surface area contributed by atoms with Crippen LogP contribution < -0.4 is 11.5 Å². The third kappa shape index (κ3) is 1.63. The van der Waals surface area contributed by atoms with E-state index < -0.39 is 0 Å². The van der Waals surface area contributed by atoms with Crippen LogP contribution in [0.4, 0.5) is 11.4 Å². The van der Waals surface area contributed by atoms with Gasteiger partial charge in [-0.15, -0.1) is 0 Å². The lowest BCUT2D eigenvalue weighted by Crippen LogP contribution is -1.96. The summed E-state index contributed by atoms with van der Waals surface area (Å²) >= 11 is 0. The van der Waals surface area contributed by atoms with E-state index in [9.17, 15) is 0 Å². The molecule has 0 aliphatic rings. The van der Waals surface area contributed by atoms with Crippen LogP contribution in [-0.4, -0.2) is 0 Å². The Bertz CT molecular complexity index is 481. The molecule has 0 aromatic heterocycles. The molecule has 2 nitrogen and oxygen atoms in total. The van der Waals surface area contributed by atoms with Gasteiger partial charge in [0, 0.05) is 11.4 Å². The van der Waals surface area contributed by atoms with Crippen molar-refractivity contribution in [2.45, 2.75) is 13.8 Å². The molecule has 2 heteroatoms. The molecule has 0 amide bonds. The molecule has 4 N–H and O–H groups in total. The molecule has 0 atom stereocenters. The normalized spacial score (nSPS) is 10.4. The number of nitrogens with two attached hydrogens (primary N) is 2. The number of nitrogen functional groups attached to an aromatic ring is 2. The van der Waals surface area contributed by atoms with Crippen LogP contribution in [0.1, 0.15) is 11.1 Å². The molecule has 0 saturated heterocycles. The number of rotatable bonds is 1. The average Bonchev–Trinajstić information content (AvgIpc) is 2.27. The van der Waals surface area contributed by atoms with Crippen molar-refractivity contribution in [2.24, 2.45) is 0 Å². The average molecular weight is 212 g/mol. The first-order chi connectivity index (χ1) is 7.61. The first kappa shape index (κ1) is 10.6. The topological polar surface area (TPSA) is 52.0 Å². The highest BCUT2D eigenvalue weighted by atomic mass is 14.6. The molecule has 0 spiro atoms. The van der Waals surface area contributed by atoms with Gasteiger partial charge in [-0.3, -0.25) is 0 Å². The molecule has 2 rings (SSSR count). The molecular formula is C14H16N2. The van der Waals surface area contributed by atoms with Crippen molar-refractivity contribution in [1.29, 1.82) is 0 Å². The summed E-state index contributed by atoms with van der Waals surface area (Å²) in [6.07, 6.45) is 0. The lowest BCUT2D eigenvalue weighted by atomic mass is 9.95. The Kier molecular flexibility index (Phi) is 2.57. The van der Waals surface area contributed by atoms with E-state index in [-0.39, 0.29) is 0 Å². The molecule has 0 fully saturated rings. The predicted molar refractivity (Wildman–Crippen MR) is 70.2 cm³/mol. The molecule has 0 radical (unpaired) electrons. The van der Waals surface area contributed by atoms with E-state index in [1.54, 1.807) is 0 Å². The molecule has 0 heterocycles. The minimum atomic E-state index is 0.819. The van der Waals surface area contributed by atoms with Crippen molar-refractivity contribution in [3.05, 3.63) is 47.5 Å². The lowest BCUT2D eigenvalue weighted by molar-refractivity contribution is 1.41. The number of hydrogen-bond donors (Lipinski definition) is 2. The molecule has 2 aromatic carbocycles. The molecule has 0 bridgehead atoms. The number of anilines is 2. The zero-order chi connectivity index (χ0) is 11.7. The highest BCUT2D eigenvalue weighted by molar-refractivity contribution is 5.78. The zero-order valence-corrected chi connectivity index (χ0v) is 9.62.